The zero-order valence-corrected chi connectivity index (χ0v) is 14.6. The van der Waals surface area contributed by atoms with Gasteiger partial charge in [0.05, 0.1) is 6.21 Å². The Hall–Kier alpha value is -3.41. The molecule has 2 N–H and O–H groups in total. The molecule has 2 amide bonds. The van der Waals surface area contributed by atoms with E-state index in [0.717, 1.165) is 16.9 Å². The van der Waals surface area contributed by atoms with Gasteiger partial charge in [0.15, 0.2) is 0 Å². The summed E-state index contributed by atoms with van der Waals surface area (Å²) >= 11 is 0. The van der Waals surface area contributed by atoms with Gasteiger partial charge in [-0.25, -0.2) is 5.43 Å². The van der Waals surface area contributed by atoms with Crippen molar-refractivity contribution in [2.75, 3.05) is 6.54 Å². The lowest BCUT2D eigenvalue weighted by Gasteiger charge is -2.06. The summed E-state index contributed by atoms with van der Waals surface area (Å²) in [7, 11) is 0. The number of aryl methyl sites for hydroxylation is 1. The molecule has 0 heterocycles. The van der Waals surface area contributed by atoms with Gasteiger partial charge in [-0.1, -0.05) is 35.9 Å². The van der Waals surface area contributed by atoms with Gasteiger partial charge in [0.1, 0.15) is 12.4 Å². The van der Waals surface area contributed by atoms with Crippen molar-refractivity contribution in [3.63, 3.8) is 0 Å². The van der Waals surface area contributed by atoms with E-state index in [-0.39, 0.29) is 6.54 Å². The molecule has 0 spiro atoms. The molecule has 6 heteroatoms. The van der Waals surface area contributed by atoms with E-state index in [9.17, 15) is 9.59 Å². The van der Waals surface area contributed by atoms with Crippen LogP contribution in [-0.2, 0) is 16.2 Å². The van der Waals surface area contributed by atoms with Gasteiger partial charge in [-0.15, -0.1) is 6.58 Å². The van der Waals surface area contributed by atoms with Gasteiger partial charge in [0.25, 0.3) is 0 Å². The number of hydrazone groups is 1. The van der Waals surface area contributed by atoms with Crippen LogP contribution in [0.4, 0.5) is 0 Å². The van der Waals surface area contributed by atoms with Crippen LogP contribution in [0.5, 0.6) is 5.75 Å². The second-order valence-corrected chi connectivity index (χ2v) is 5.54. The minimum absolute atomic E-state index is 0.222. The minimum Gasteiger partial charge on any atom is -0.489 e. The maximum Gasteiger partial charge on any atom is 0.329 e. The van der Waals surface area contributed by atoms with Crippen molar-refractivity contribution in [2.45, 2.75) is 13.5 Å². The molecular formula is C20H21N3O3. The summed E-state index contributed by atoms with van der Waals surface area (Å²) in [6, 6.07) is 15.4. The third kappa shape index (κ3) is 6.24. The molecule has 0 saturated heterocycles. The fourth-order valence-electron chi connectivity index (χ4n) is 1.96. The fraction of sp³-hybridized carbons (Fsp3) is 0.150. The third-order valence-corrected chi connectivity index (χ3v) is 3.40. The predicted molar refractivity (Wildman–Crippen MR) is 101 cm³/mol. The van der Waals surface area contributed by atoms with Crippen LogP contribution in [-0.4, -0.2) is 24.6 Å². The Bertz CT molecular complexity index is 781. The predicted octanol–water partition coefficient (Wildman–Crippen LogP) is 2.33. The SMILES string of the molecule is C=CCNC(=O)C(=O)N/N=C\c1ccc(OCc2ccc(C)cc2)cc1. The van der Waals surface area contributed by atoms with Crippen LogP contribution in [0.1, 0.15) is 16.7 Å². The summed E-state index contributed by atoms with van der Waals surface area (Å²) in [6.45, 7) is 6.20. The first-order chi connectivity index (χ1) is 12.6. The molecule has 0 aliphatic carbocycles. The van der Waals surface area contributed by atoms with Crippen LogP contribution in [0, 0.1) is 6.92 Å². The largest absolute Gasteiger partial charge is 0.489 e. The van der Waals surface area contributed by atoms with E-state index >= 15 is 0 Å². The number of ether oxygens (including phenoxy) is 1. The molecule has 0 aliphatic rings. The molecule has 2 rings (SSSR count). The number of hydrogen-bond donors (Lipinski definition) is 2. The Balaban J connectivity index is 1.81. The van der Waals surface area contributed by atoms with Gasteiger partial charge >= 0.3 is 11.8 Å². The Morgan fingerprint density at radius 1 is 1.08 bits per heavy atom. The molecule has 0 aromatic heterocycles. The molecule has 0 saturated carbocycles. The van der Waals surface area contributed by atoms with Crippen LogP contribution < -0.4 is 15.5 Å². The normalized spacial score (nSPS) is 10.3. The summed E-state index contributed by atoms with van der Waals surface area (Å²) in [5, 5.41) is 6.11. The summed E-state index contributed by atoms with van der Waals surface area (Å²) in [6.07, 6.45) is 2.93. The average Bonchev–Trinajstić information content (AvgIpc) is 2.66. The lowest BCUT2D eigenvalue weighted by atomic mass is 10.2. The first kappa shape index (κ1) is 18.9. The number of carbonyl (C=O) groups is 2. The van der Waals surface area contributed by atoms with Crippen LogP contribution in [0.15, 0.2) is 66.3 Å². The smallest absolute Gasteiger partial charge is 0.329 e. The van der Waals surface area contributed by atoms with Crippen LogP contribution in [0.25, 0.3) is 0 Å². The molecule has 0 fully saturated rings. The van der Waals surface area contributed by atoms with Crippen molar-refractivity contribution in [1.29, 1.82) is 0 Å². The van der Waals surface area contributed by atoms with Gasteiger partial charge in [-0.3, -0.25) is 9.59 Å². The van der Waals surface area contributed by atoms with Gasteiger partial charge in [-0.05, 0) is 42.3 Å². The van der Waals surface area contributed by atoms with Crippen LogP contribution in [0.3, 0.4) is 0 Å². The highest BCUT2D eigenvalue weighted by molar-refractivity contribution is 6.35. The van der Waals surface area contributed by atoms with E-state index in [1.807, 2.05) is 43.3 Å². The second-order valence-electron chi connectivity index (χ2n) is 5.54. The lowest BCUT2D eigenvalue weighted by molar-refractivity contribution is -0.139. The second kappa shape index (κ2) is 9.78. The van der Waals surface area contributed by atoms with Crippen molar-refractivity contribution in [1.82, 2.24) is 10.7 Å². The van der Waals surface area contributed by atoms with Gasteiger partial charge < -0.3 is 10.1 Å². The average molecular weight is 351 g/mol. The number of nitrogens with one attached hydrogen (secondary N) is 2. The monoisotopic (exact) mass is 351 g/mol. The maximum absolute atomic E-state index is 11.4. The third-order valence-electron chi connectivity index (χ3n) is 3.40. The molecule has 0 aliphatic heterocycles. The molecule has 0 bridgehead atoms. The molecule has 0 unspecified atom stereocenters. The fourth-order valence-corrected chi connectivity index (χ4v) is 1.96. The Labute approximate surface area is 152 Å². The quantitative estimate of drug-likeness (QED) is 0.348. The Morgan fingerprint density at radius 3 is 2.42 bits per heavy atom. The van der Waals surface area contributed by atoms with Gasteiger partial charge in [0, 0.05) is 6.54 Å². The summed E-state index contributed by atoms with van der Waals surface area (Å²) in [5.74, 6) is -0.862. The standard InChI is InChI=1S/C20H21N3O3/c1-3-12-21-19(24)20(25)23-22-13-16-8-10-18(11-9-16)26-14-17-6-4-15(2)5-7-17/h3-11,13H,1,12,14H2,2H3,(H,21,24)(H,23,25)/b22-13-. The molecule has 2 aromatic carbocycles. The van der Waals surface area contributed by atoms with Gasteiger partial charge in [-0.2, -0.15) is 5.10 Å². The van der Waals surface area contributed by atoms with E-state index in [4.69, 9.17) is 4.74 Å². The number of benzene rings is 2. The summed E-state index contributed by atoms with van der Waals surface area (Å²) < 4.78 is 5.72. The maximum atomic E-state index is 11.4. The highest BCUT2D eigenvalue weighted by atomic mass is 16.5. The molecule has 6 nitrogen and oxygen atoms in total. The first-order valence-corrected chi connectivity index (χ1v) is 8.09. The summed E-state index contributed by atoms with van der Waals surface area (Å²) in [5.41, 5.74) is 5.23. The van der Waals surface area contributed by atoms with Crippen molar-refractivity contribution in [2.24, 2.45) is 5.10 Å². The van der Waals surface area contributed by atoms with E-state index in [0.29, 0.717) is 6.61 Å². The van der Waals surface area contributed by atoms with E-state index in [2.05, 4.69) is 22.4 Å². The topological polar surface area (TPSA) is 79.8 Å². The number of amides is 2. The molecule has 134 valence electrons. The lowest BCUT2D eigenvalue weighted by Crippen LogP contribution is -2.37. The number of rotatable bonds is 7. The zero-order chi connectivity index (χ0) is 18.8. The van der Waals surface area contributed by atoms with Crippen molar-refractivity contribution in [3.8, 4) is 5.75 Å². The summed E-state index contributed by atoms with van der Waals surface area (Å²) in [4.78, 5) is 22.8. The van der Waals surface area contributed by atoms with E-state index in [1.165, 1.54) is 17.9 Å². The molecule has 26 heavy (non-hydrogen) atoms. The highest BCUT2D eigenvalue weighted by Crippen LogP contribution is 2.14. The number of hydrogen-bond acceptors (Lipinski definition) is 4. The van der Waals surface area contributed by atoms with Crippen LogP contribution in [0.2, 0.25) is 0 Å². The molecule has 0 radical (unpaired) electrons. The van der Waals surface area contributed by atoms with Crippen molar-refractivity contribution in [3.05, 3.63) is 77.9 Å². The number of carbonyl (C=O) groups excluding carboxylic acids is 2. The van der Waals surface area contributed by atoms with Crippen molar-refractivity contribution < 1.29 is 14.3 Å². The first-order valence-electron chi connectivity index (χ1n) is 8.09. The van der Waals surface area contributed by atoms with E-state index in [1.54, 1.807) is 12.1 Å². The van der Waals surface area contributed by atoms with Crippen molar-refractivity contribution >= 4 is 18.0 Å². The van der Waals surface area contributed by atoms with E-state index < -0.39 is 11.8 Å². The Morgan fingerprint density at radius 2 is 1.77 bits per heavy atom. The minimum atomic E-state index is -0.832. The molecule has 0 atom stereocenters. The number of nitrogens with zero attached hydrogens (tertiary/aromatic N) is 1. The molecule has 2 aromatic rings. The Kier molecular flexibility index (Phi) is 7.12. The van der Waals surface area contributed by atoms with Crippen LogP contribution >= 0.6 is 0 Å². The highest BCUT2D eigenvalue weighted by Gasteiger charge is 2.10. The molecular weight excluding hydrogens is 330 g/mol. The zero-order valence-electron chi connectivity index (χ0n) is 14.6. The van der Waals surface area contributed by atoms with Gasteiger partial charge in [0.2, 0.25) is 0 Å².